The summed E-state index contributed by atoms with van der Waals surface area (Å²) in [5.41, 5.74) is 5.31. The average molecular weight is 443 g/mol. The molecule has 1 aromatic heterocycles. The molecule has 1 aliphatic carbocycles. The van der Waals surface area contributed by atoms with Gasteiger partial charge in [0.05, 0.1) is 5.69 Å². The Bertz CT molecular complexity index is 927. The highest BCUT2D eigenvalue weighted by molar-refractivity contribution is 9.09. The molecule has 0 unspecified atom stereocenters. The molecule has 4 rings (SSSR count). The molecule has 0 fully saturated rings. The summed E-state index contributed by atoms with van der Waals surface area (Å²) in [5, 5.41) is 3.60. The Morgan fingerprint density at radius 3 is 2.41 bits per heavy atom. The molecule has 0 saturated carbocycles. The van der Waals surface area contributed by atoms with Crippen LogP contribution in [0.25, 0.3) is 11.1 Å². The van der Waals surface area contributed by atoms with Gasteiger partial charge in [-0.1, -0.05) is 64.5 Å². The van der Waals surface area contributed by atoms with Gasteiger partial charge in [0.25, 0.3) is 0 Å². The molecule has 1 amide bonds. The van der Waals surface area contributed by atoms with E-state index in [1.807, 2.05) is 41.8 Å². The highest BCUT2D eigenvalue weighted by atomic mass is 79.9. The molecule has 0 aliphatic heterocycles. The maximum atomic E-state index is 12.8. The number of amides is 1. The Balaban J connectivity index is 1.55. The minimum absolute atomic E-state index is 0.389. The number of hydrogen-bond acceptors (Lipinski definition) is 4. The summed E-state index contributed by atoms with van der Waals surface area (Å²) in [7, 11) is 1.71. The lowest BCUT2D eigenvalue weighted by atomic mass is 10.1. The lowest BCUT2D eigenvalue weighted by Gasteiger charge is -2.19. The Hall–Kier alpha value is -2.18. The van der Waals surface area contributed by atoms with E-state index in [0.717, 1.165) is 46.1 Å². The SMILES string of the molecule is CN(C(=O)OC1c2ccccc2-c2ccccc21)c1nc(CCCBr)cs1. The first kappa shape index (κ1) is 18.2. The molecule has 0 spiro atoms. The van der Waals surface area contributed by atoms with Gasteiger partial charge in [0.1, 0.15) is 0 Å². The van der Waals surface area contributed by atoms with Crippen molar-refractivity contribution in [2.75, 3.05) is 17.3 Å². The second-order valence-corrected chi connectivity index (χ2v) is 8.04. The van der Waals surface area contributed by atoms with Gasteiger partial charge in [0, 0.05) is 28.9 Å². The summed E-state index contributed by atoms with van der Waals surface area (Å²) in [6.07, 6.45) is 1.13. The Kier molecular flexibility index (Phi) is 5.27. The lowest BCUT2D eigenvalue weighted by molar-refractivity contribution is 0.127. The van der Waals surface area contributed by atoms with Crippen LogP contribution in [0.3, 0.4) is 0 Å². The first-order valence-electron chi connectivity index (χ1n) is 8.82. The van der Waals surface area contributed by atoms with Gasteiger partial charge in [-0.25, -0.2) is 9.78 Å². The van der Waals surface area contributed by atoms with Crippen molar-refractivity contribution in [2.45, 2.75) is 18.9 Å². The molecule has 6 heteroatoms. The fourth-order valence-electron chi connectivity index (χ4n) is 3.31. The average Bonchev–Trinajstić information content (AvgIpc) is 3.30. The molecule has 0 saturated heterocycles. The van der Waals surface area contributed by atoms with Crippen molar-refractivity contribution >= 4 is 38.5 Å². The second kappa shape index (κ2) is 7.82. The van der Waals surface area contributed by atoms with E-state index in [-0.39, 0.29) is 6.10 Å². The summed E-state index contributed by atoms with van der Waals surface area (Å²) < 4.78 is 5.92. The molecule has 1 heterocycles. The summed E-state index contributed by atoms with van der Waals surface area (Å²) in [5.74, 6) is 0. The molecule has 1 aliphatic rings. The van der Waals surface area contributed by atoms with Crippen molar-refractivity contribution in [2.24, 2.45) is 0 Å². The van der Waals surface area contributed by atoms with Gasteiger partial charge >= 0.3 is 6.09 Å². The van der Waals surface area contributed by atoms with E-state index in [2.05, 4.69) is 33.0 Å². The molecular formula is C21H19BrN2O2S. The summed E-state index contributed by atoms with van der Waals surface area (Å²) in [4.78, 5) is 18.9. The van der Waals surface area contributed by atoms with Gasteiger partial charge in [-0.15, -0.1) is 11.3 Å². The Morgan fingerprint density at radius 2 is 1.78 bits per heavy atom. The fraction of sp³-hybridized carbons (Fsp3) is 0.238. The predicted octanol–water partition coefficient (Wildman–Crippen LogP) is 5.81. The summed E-state index contributed by atoms with van der Waals surface area (Å²) in [6, 6.07) is 16.2. The van der Waals surface area contributed by atoms with E-state index in [1.165, 1.54) is 16.2 Å². The van der Waals surface area contributed by atoms with Gasteiger partial charge < -0.3 is 4.74 Å². The van der Waals surface area contributed by atoms with Crippen LogP contribution in [0.4, 0.5) is 9.93 Å². The smallest absolute Gasteiger partial charge is 0.416 e. The molecule has 0 atom stereocenters. The van der Waals surface area contributed by atoms with Crippen LogP contribution in [0.5, 0.6) is 0 Å². The molecule has 2 aromatic carbocycles. The van der Waals surface area contributed by atoms with Crippen LogP contribution in [-0.2, 0) is 11.2 Å². The van der Waals surface area contributed by atoms with E-state index in [4.69, 9.17) is 4.74 Å². The number of alkyl halides is 1. The number of anilines is 1. The number of rotatable bonds is 5. The summed E-state index contributed by atoms with van der Waals surface area (Å²) >= 11 is 4.90. The number of hydrogen-bond donors (Lipinski definition) is 0. The maximum absolute atomic E-state index is 12.8. The quantitative estimate of drug-likeness (QED) is 0.467. The molecular weight excluding hydrogens is 424 g/mol. The summed E-state index contributed by atoms with van der Waals surface area (Å²) in [6.45, 7) is 0. The van der Waals surface area contributed by atoms with Gasteiger partial charge in [0.15, 0.2) is 11.2 Å². The van der Waals surface area contributed by atoms with Crippen LogP contribution >= 0.6 is 27.3 Å². The van der Waals surface area contributed by atoms with Crippen LogP contribution in [0, 0.1) is 0 Å². The first-order chi connectivity index (χ1) is 13.2. The number of thiazole rings is 1. The van der Waals surface area contributed by atoms with E-state index < -0.39 is 6.09 Å². The largest absolute Gasteiger partial charge is 0.436 e. The van der Waals surface area contributed by atoms with Crippen LogP contribution in [0.1, 0.15) is 29.3 Å². The van der Waals surface area contributed by atoms with Crippen molar-refractivity contribution in [3.63, 3.8) is 0 Å². The Labute approximate surface area is 170 Å². The number of carbonyl (C=O) groups excluding carboxylic acids is 1. The van der Waals surface area contributed by atoms with Crippen LogP contribution in [-0.4, -0.2) is 23.5 Å². The normalized spacial score (nSPS) is 12.5. The topological polar surface area (TPSA) is 42.4 Å². The van der Waals surface area contributed by atoms with Crippen molar-refractivity contribution in [3.8, 4) is 11.1 Å². The van der Waals surface area contributed by atoms with Gasteiger partial charge in [-0.3, -0.25) is 4.90 Å². The van der Waals surface area contributed by atoms with E-state index in [0.29, 0.717) is 5.13 Å². The molecule has 4 nitrogen and oxygen atoms in total. The zero-order valence-electron chi connectivity index (χ0n) is 14.9. The standard InChI is InChI=1S/C21H19BrN2O2S/c1-24(20-23-14(13-27-20)7-6-12-22)21(25)26-19-17-10-4-2-8-15(17)16-9-3-5-11-18(16)19/h2-5,8-11,13,19H,6-7,12H2,1H3. The zero-order chi connectivity index (χ0) is 18.8. The van der Waals surface area contributed by atoms with Gasteiger partial charge in [-0.05, 0) is 24.0 Å². The third-order valence-electron chi connectivity index (χ3n) is 4.66. The van der Waals surface area contributed by atoms with Crippen molar-refractivity contribution in [1.29, 1.82) is 0 Å². The second-order valence-electron chi connectivity index (χ2n) is 6.41. The monoisotopic (exact) mass is 442 g/mol. The molecule has 27 heavy (non-hydrogen) atoms. The van der Waals surface area contributed by atoms with E-state index in [1.54, 1.807) is 7.05 Å². The number of ether oxygens (including phenoxy) is 1. The Morgan fingerprint density at radius 1 is 1.15 bits per heavy atom. The third kappa shape index (κ3) is 3.51. The number of fused-ring (bicyclic) bond motifs is 3. The third-order valence-corrected chi connectivity index (χ3v) is 6.19. The number of halogens is 1. The van der Waals surface area contributed by atoms with E-state index in [9.17, 15) is 4.79 Å². The van der Waals surface area contributed by atoms with Crippen molar-refractivity contribution in [1.82, 2.24) is 4.98 Å². The number of benzene rings is 2. The van der Waals surface area contributed by atoms with Crippen molar-refractivity contribution in [3.05, 3.63) is 70.7 Å². The zero-order valence-corrected chi connectivity index (χ0v) is 17.3. The molecule has 0 N–H and O–H groups in total. The molecule has 3 aromatic rings. The van der Waals surface area contributed by atoms with Crippen LogP contribution in [0.15, 0.2) is 53.9 Å². The fourth-order valence-corrected chi connectivity index (χ4v) is 4.40. The minimum atomic E-state index is -0.395. The molecule has 0 bridgehead atoms. The number of aryl methyl sites for hydroxylation is 1. The number of aromatic nitrogens is 1. The van der Waals surface area contributed by atoms with Crippen LogP contribution in [0.2, 0.25) is 0 Å². The maximum Gasteiger partial charge on any atom is 0.416 e. The van der Waals surface area contributed by atoms with Gasteiger partial charge in [-0.2, -0.15) is 0 Å². The number of carbonyl (C=O) groups is 1. The highest BCUT2D eigenvalue weighted by Crippen LogP contribution is 2.45. The lowest BCUT2D eigenvalue weighted by Crippen LogP contribution is -2.28. The van der Waals surface area contributed by atoms with Gasteiger partial charge in [0.2, 0.25) is 0 Å². The van der Waals surface area contributed by atoms with Crippen LogP contribution < -0.4 is 4.90 Å². The highest BCUT2D eigenvalue weighted by Gasteiger charge is 2.32. The molecule has 138 valence electrons. The first-order valence-corrected chi connectivity index (χ1v) is 10.8. The minimum Gasteiger partial charge on any atom is -0.436 e. The number of nitrogens with zero attached hydrogens (tertiary/aromatic N) is 2. The van der Waals surface area contributed by atoms with Crippen molar-refractivity contribution < 1.29 is 9.53 Å². The molecule has 0 radical (unpaired) electrons. The van der Waals surface area contributed by atoms with E-state index >= 15 is 0 Å². The predicted molar refractivity (Wildman–Crippen MR) is 113 cm³/mol.